The number of benzene rings is 1. The fourth-order valence-corrected chi connectivity index (χ4v) is 3.14. The van der Waals surface area contributed by atoms with Gasteiger partial charge < -0.3 is 10.2 Å². The maximum Gasteiger partial charge on any atom is 0.255 e. The van der Waals surface area contributed by atoms with Crippen LogP contribution >= 0.6 is 11.6 Å². The predicted octanol–water partition coefficient (Wildman–Crippen LogP) is 2.88. The average molecular weight is 361 g/mol. The zero-order valence-electron chi connectivity index (χ0n) is 14.2. The lowest BCUT2D eigenvalue weighted by Crippen LogP contribution is -2.28. The second kappa shape index (κ2) is 7.70. The number of amides is 2. The first kappa shape index (κ1) is 17.5. The van der Waals surface area contributed by atoms with E-state index in [9.17, 15) is 9.59 Å². The van der Waals surface area contributed by atoms with Gasteiger partial charge in [0.15, 0.2) is 0 Å². The van der Waals surface area contributed by atoms with Gasteiger partial charge in [0.25, 0.3) is 5.91 Å². The van der Waals surface area contributed by atoms with E-state index in [1.165, 1.54) is 0 Å². The molecule has 1 fully saturated rings. The van der Waals surface area contributed by atoms with E-state index >= 15 is 0 Å². The van der Waals surface area contributed by atoms with Gasteiger partial charge in [0, 0.05) is 37.8 Å². The van der Waals surface area contributed by atoms with E-state index in [4.69, 9.17) is 11.6 Å². The zero-order valence-corrected chi connectivity index (χ0v) is 14.9. The van der Waals surface area contributed by atoms with Gasteiger partial charge >= 0.3 is 0 Å². The number of hydrogen-bond acceptors (Lipinski definition) is 3. The smallest absolute Gasteiger partial charge is 0.255 e. The number of nitrogens with one attached hydrogen (secondary N) is 1. The number of rotatable bonds is 5. The summed E-state index contributed by atoms with van der Waals surface area (Å²) in [5, 5.41) is 7.41. The number of nitrogens with zero attached hydrogens (tertiary/aromatic N) is 3. The van der Waals surface area contributed by atoms with Crippen molar-refractivity contribution >= 4 is 29.1 Å². The van der Waals surface area contributed by atoms with Crippen LogP contribution in [0.1, 0.15) is 35.2 Å². The third-order valence-corrected chi connectivity index (χ3v) is 4.51. The molecule has 25 heavy (non-hydrogen) atoms. The third-order valence-electron chi connectivity index (χ3n) is 4.28. The van der Waals surface area contributed by atoms with E-state index < -0.39 is 0 Å². The minimum atomic E-state index is -0.151. The van der Waals surface area contributed by atoms with Gasteiger partial charge in [-0.05, 0) is 43.0 Å². The van der Waals surface area contributed by atoms with E-state index in [2.05, 4.69) is 10.4 Å². The highest BCUT2D eigenvalue weighted by atomic mass is 35.5. The van der Waals surface area contributed by atoms with Gasteiger partial charge in [-0.3, -0.25) is 14.3 Å². The molecule has 1 aromatic heterocycles. The average Bonchev–Trinajstić information content (AvgIpc) is 3.24. The fraction of sp³-hybridized carbons (Fsp3) is 0.389. The molecule has 1 aliphatic heterocycles. The van der Waals surface area contributed by atoms with Crippen LogP contribution in [0.25, 0.3) is 0 Å². The number of hydrogen-bond donors (Lipinski definition) is 1. The van der Waals surface area contributed by atoms with Crippen LogP contribution in [0.3, 0.4) is 0 Å². The molecule has 0 bridgehead atoms. The Morgan fingerprint density at radius 1 is 1.28 bits per heavy atom. The molecule has 1 saturated heterocycles. The number of carbonyl (C=O) groups excluding carboxylic acids is 2. The Labute approximate surface area is 151 Å². The number of halogens is 1. The quantitative estimate of drug-likeness (QED) is 0.891. The highest BCUT2D eigenvalue weighted by Gasteiger charge is 2.22. The summed E-state index contributed by atoms with van der Waals surface area (Å²) in [6, 6.07) is 4.99. The Morgan fingerprint density at radius 2 is 2.04 bits per heavy atom. The lowest BCUT2D eigenvalue weighted by atomic mass is 10.1. The summed E-state index contributed by atoms with van der Waals surface area (Å²) in [7, 11) is 1.84. The van der Waals surface area contributed by atoms with Crippen molar-refractivity contribution in [3.05, 3.63) is 46.7 Å². The van der Waals surface area contributed by atoms with Gasteiger partial charge in [-0.1, -0.05) is 11.6 Å². The maximum atomic E-state index is 12.7. The summed E-state index contributed by atoms with van der Waals surface area (Å²) >= 11 is 6.05. The second-order valence-corrected chi connectivity index (χ2v) is 6.70. The normalized spacial score (nSPS) is 13.9. The highest BCUT2D eigenvalue weighted by Crippen LogP contribution is 2.24. The molecule has 6 nitrogen and oxygen atoms in total. The highest BCUT2D eigenvalue weighted by molar-refractivity contribution is 6.31. The molecule has 0 radical (unpaired) electrons. The second-order valence-electron chi connectivity index (χ2n) is 6.26. The molecule has 7 heteroatoms. The van der Waals surface area contributed by atoms with Gasteiger partial charge in [-0.25, -0.2) is 0 Å². The topological polar surface area (TPSA) is 67.2 Å². The zero-order chi connectivity index (χ0) is 17.8. The molecule has 1 N–H and O–H groups in total. The van der Waals surface area contributed by atoms with Crippen molar-refractivity contribution in [2.75, 3.05) is 18.4 Å². The molecule has 0 atom stereocenters. The van der Waals surface area contributed by atoms with Crippen LogP contribution in [0, 0.1) is 0 Å². The van der Waals surface area contributed by atoms with Crippen molar-refractivity contribution in [3.63, 3.8) is 0 Å². The van der Waals surface area contributed by atoms with E-state index in [0.717, 1.165) is 31.5 Å². The Kier molecular flexibility index (Phi) is 5.38. The van der Waals surface area contributed by atoms with Crippen LogP contribution in [-0.2, 0) is 18.3 Å². The summed E-state index contributed by atoms with van der Waals surface area (Å²) in [5.41, 5.74) is 1.96. The monoisotopic (exact) mass is 360 g/mol. The van der Waals surface area contributed by atoms with Crippen LogP contribution < -0.4 is 5.32 Å². The molecule has 3 rings (SSSR count). The number of aryl methyl sites for hydroxylation is 2. The lowest BCUT2D eigenvalue weighted by Gasteiger charge is -2.18. The van der Waals surface area contributed by atoms with Gasteiger partial charge in [-0.2, -0.15) is 5.10 Å². The minimum Gasteiger partial charge on any atom is -0.339 e. The SMILES string of the molecule is Cn1cc(CCC(=O)Nc2cc(Cl)ccc2C(=O)N2CCCC2)cn1. The number of likely N-dealkylation sites (tertiary alicyclic amines) is 1. The van der Waals surface area contributed by atoms with Crippen molar-refractivity contribution in [2.24, 2.45) is 7.05 Å². The van der Waals surface area contributed by atoms with Crippen molar-refractivity contribution in [1.29, 1.82) is 0 Å². The number of carbonyl (C=O) groups is 2. The minimum absolute atomic E-state index is 0.0586. The van der Waals surface area contributed by atoms with Crippen molar-refractivity contribution in [1.82, 2.24) is 14.7 Å². The Balaban J connectivity index is 1.68. The van der Waals surface area contributed by atoms with Crippen molar-refractivity contribution < 1.29 is 9.59 Å². The van der Waals surface area contributed by atoms with Gasteiger partial charge in [0.2, 0.25) is 5.91 Å². The van der Waals surface area contributed by atoms with E-state index in [-0.39, 0.29) is 11.8 Å². The molecule has 1 aliphatic rings. The lowest BCUT2D eigenvalue weighted by molar-refractivity contribution is -0.116. The molecule has 2 amide bonds. The summed E-state index contributed by atoms with van der Waals surface area (Å²) in [5.74, 6) is -0.210. The fourth-order valence-electron chi connectivity index (χ4n) is 2.97. The van der Waals surface area contributed by atoms with Crippen LogP contribution in [0.4, 0.5) is 5.69 Å². The Morgan fingerprint density at radius 3 is 2.72 bits per heavy atom. The first-order chi connectivity index (χ1) is 12.0. The molecule has 2 aromatic rings. The molecule has 2 heterocycles. The predicted molar refractivity (Wildman–Crippen MR) is 96.7 cm³/mol. The molecule has 0 aliphatic carbocycles. The van der Waals surface area contributed by atoms with E-state index in [1.54, 1.807) is 29.1 Å². The molecule has 1 aromatic carbocycles. The summed E-state index contributed by atoms with van der Waals surface area (Å²) in [4.78, 5) is 26.8. The molecule has 0 unspecified atom stereocenters. The maximum absolute atomic E-state index is 12.7. The number of anilines is 1. The molecule has 132 valence electrons. The first-order valence-corrected chi connectivity index (χ1v) is 8.77. The summed E-state index contributed by atoms with van der Waals surface area (Å²) < 4.78 is 1.71. The summed E-state index contributed by atoms with van der Waals surface area (Å²) in [6.07, 6.45) is 6.58. The molecular weight excluding hydrogens is 340 g/mol. The van der Waals surface area contributed by atoms with Crippen LogP contribution in [0.15, 0.2) is 30.6 Å². The molecule has 0 spiro atoms. The standard InChI is InChI=1S/C18H21ClN4O2/c1-22-12-13(11-20-22)4-7-17(24)21-16-10-14(19)5-6-15(16)18(25)23-8-2-3-9-23/h5-6,10-12H,2-4,7-9H2,1H3,(H,21,24). The largest absolute Gasteiger partial charge is 0.339 e. The summed E-state index contributed by atoms with van der Waals surface area (Å²) in [6.45, 7) is 1.52. The van der Waals surface area contributed by atoms with Gasteiger partial charge in [0.1, 0.15) is 0 Å². The molecule has 0 saturated carbocycles. The Bertz CT molecular complexity index is 781. The van der Waals surface area contributed by atoms with Crippen LogP contribution in [0.2, 0.25) is 5.02 Å². The third kappa shape index (κ3) is 4.39. The van der Waals surface area contributed by atoms with Gasteiger partial charge in [-0.15, -0.1) is 0 Å². The van der Waals surface area contributed by atoms with Crippen LogP contribution in [0.5, 0.6) is 0 Å². The molecular formula is C18H21ClN4O2. The van der Waals surface area contributed by atoms with Gasteiger partial charge in [0.05, 0.1) is 17.4 Å². The number of aromatic nitrogens is 2. The van der Waals surface area contributed by atoms with Crippen LogP contribution in [-0.4, -0.2) is 39.6 Å². The Hall–Kier alpha value is -2.34. The van der Waals surface area contributed by atoms with E-state index in [1.807, 2.05) is 18.1 Å². The van der Waals surface area contributed by atoms with Crippen molar-refractivity contribution in [3.8, 4) is 0 Å². The van der Waals surface area contributed by atoms with E-state index in [0.29, 0.717) is 29.1 Å². The van der Waals surface area contributed by atoms with Crippen molar-refractivity contribution in [2.45, 2.75) is 25.7 Å². The first-order valence-electron chi connectivity index (χ1n) is 8.39.